The van der Waals surface area contributed by atoms with Crippen LogP contribution in [0.3, 0.4) is 0 Å². The molecule has 6 heteroatoms. The molecule has 2 heterocycles. The lowest BCUT2D eigenvalue weighted by Gasteiger charge is -2.33. The van der Waals surface area contributed by atoms with E-state index in [0.717, 1.165) is 25.9 Å². The van der Waals surface area contributed by atoms with E-state index in [9.17, 15) is 0 Å². The van der Waals surface area contributed by atoms with Gasteiger partial charge in [0.2, 0.25) is 5.28 Å². The number of anilines is 1. The zero-order chi connectivity index (χ0) is 11.5. The molecule has 1 aromatic heterocycles. The number of rotatable bonds is 2. The molecule has 1 aliphatic heterocycles. The summed E-state index contributed by atoms with van der Waals surface area (Å²) in [5.74, 6) is 0.698. The molecule has 1 aromatic rings. The second kappa shape index (κ2) is 5.17. The van der Waals surface area contributed by atoms with Crippen LogP contribution in [0.2, 0.25) is 10.3 Å². The summed E-state index contributed by atoms with van der Waals surface area (Å²) in [6, 6.07) is 0. The molecule has 0 radical (unpaired) electrons. The van der Waals surface area contributed by atoms with Crippen molar-refractivity contribution in [2.24, 2.45) is 0 Å². The Kier molecular flexibility index (Phi) is 3.84. The first kappa shape index (κ1) is 11.9. The van der Waals surface area contributed by atoms with Crippen LogP contribution in [-0.2, 0) is 4.74 Å². The Morgan fingerprint density at radius 2 is 2.31 bits per heavy atom. The Morgan fingerprint density at radius 1 is 1.50 bits per heavy atom. The monoisotopic (exact) mass is 261 g/mol. The third-order valence-electron chi connectivity index (χ3n) is 2.71. The van der Waals surface area contributed by atoms with Crippen LogP contribution in [0.5, 0.6) is 0 Å². The molecule has 16 heavy (non-hydrogen) atoms. The highest BCUT2D eigenvalue weighted by molar-refractivity contribution is 6.33. The minimum Gasteiger partial charge on any atom is -0.380 e. The van der Waals surface area contributed by atoms with Gasteiger partial charge in [0.15, 0.2) is 5.82 Å². The van der Waals surface area contributed by atoms with E-state index in [1.54, 1.807) is 7.11 Å². The topological polar surface area (TPSA) is 38.2 Å². The van der Waals surface area contributed by atoms with E-state index in [2.05, 4.69) is 14.9 Å². The summed E-state index contributed by atoms with van der Waals surface area (Å²) in [6.45, 7) is 1.72. The highest BCUT2D eigenvalue weighted by Crippen LogP contribution is 2.26. The summed E-state index contributed by atoms with van der Waals surface area (Å²) < 4.78 is 5.35. The zero-order valence-corrected chi connectivity index (χ0v) is 10.5. The van der Waals surface area contributed by atoms with Crippen molar-refractivity contribution < 1.29 is 4.74 Å². The fraction of sp³-hybridized carbons (Fsp3) is 0.600. The molecule has 0 spiro atoms. The standard InChI is InChI=1S/C10H13Cl2N3O/c1-16-7-3-2-4-15(6-7)9-8(11)5-13-10(12)14-9/h5,7H,2-4,6H2,1H3. The van der Waals surface area contributed by atoms with E-state index in [1.807, 2.05) is 0 Å². The molecule has 2 rings (SSSR count). The summed E-state index contributed by atoms with van der Waals surface area (Å²) in [5.41, 5.74) is 0. The molecule has 1 unspecified atom stereocenters. The van der Waals surface area contributed by atoms with Crippen molar-refractivity contribution in [1.82, 2.24) is 9.97 Å². The molecule has 4 nitrogen and oxygen atoms in total. The van der Waals surface area contributed by atoms with Crippen LogP contribution in [0.1, 0.15) is 12.8 Å². The Morgan fingerprint density at radius 3 is 3.06 bits per heavy atom. The van der Waals surface area contributed by atoms with E-state index >= 15 is 0 Å². The molecule has 0 bridgehead atoms. The number of nitrogens with zero attached hydrogens (tertiary/aromatic N) is 3. The van der Waals surface area contributed by atoms with Crippen molar-refractivity contribution in [3.05, 3.63) is 16.5 Å². The highest BCUT2D eigenvalue weighted by Gasteiger charge is 2.22. The maximum absolute atomic E-state index is 6.05. The third kappa shape index (κ3) is 2.56. The second-order valence-corrected chi connectivity index (χ2v) is 4.50. The van der Waals surface area contributed by atoms with Crippen molar-refractivity contribution in [3.63, 3.8) is 0 Å². The fourth-order valence-electron chi connectivity index (χ4n) is 1.88. The summed E-state index contributed by atoms with van der Waals surface area (Å²) in [6.07, 6.45) is 3.90. The van der Waals surface area contributed by atoms with Gasteiger partial charge in [-0.05, 0) is 24.4 Å². The van der Waals surface area contributed by atoms with Gasteiger partial charge in [-0.25, -0.2) is 4.98 Å². The van der Waals surface area contributed by atoms with Crippen molar-refractivity contribution in [1.29, 1.82) is 0 Å². The van der Waals surface area contributed by atoms with Gasteiger partial charge in [-0.2, -0.15) is 4.98 Å². The molecular weight excluding hydrogens is 249 g/mol. The van der Waals surface area contributed by atoms with Gasteiger partial charge in [-0.3, -0.25) is 0 Å². The maximum Gasteiger partial charge on any atom is 0.224 e. The summed E-state index contributed by atoms with van der Waals surface area (Å²) in [7, 11) is 1.72. The predicted molar refractivity (Wildman–Crippen MR) is 64.3 cm³/mol. The molecule has 0 saturated carbocycles. The Hall–Kier alpha value is -0.580. The lowest BCUT2D eigenvalue weighted by atomic mass is 10.1. The lowest BCUT2D eigenvalue weighted by molar-refractivity contribution is 0.0891. The quantitative estimate of drug-likeness (QED) is 0.767. The molecule has 0 amide bonds. The van der Waals surface area contributed by atoms with E-state index in [0.29, 0.717) is 10.8 Å². The fourth-order valence-corrected chi connectivity index (χ4v) is 2.22. The van der Waals surface area contributed by atoms with E-state index < -0.39 is 0 Å². The number of hydrogen-bond acceptors (Lipinski definition) is 4. The first-order valence-electron chi connectivity index (χ1n) is 5.16. The number of aromatic nitrogens is 2. The SMILES string of the molecule is COC1CCCN(c2nc(Cl)ncc2Cl)C1. The van der Waals surface area contributed by atoms with Gasteiger partial charge >= 0.3 is 0 Å². The minimum atomic E-state index is 0.221. The van der Waals surface area contributed by atoms with Crippen molar-refractivity contribution >= 4 is 29.0 Å². The number of ether oxygens (including phenoxy) is 1. The number of piperidine rings is 1. The zero-order valence-electron chi connectivity index (χ0n) is 8.99. The molecule has 1 fully saturated rings. The molecule has 1 saturated heterocycles. The van der Waals surface area contributed by atoms with Crippen LogP contribution in [0.15, 0.2) is 6.20 Å². The second-order valence-electron chi connectivity index (χ2n) is 3.76. The van der Waals surface area contributed by atoms with Crippen LogP contribution >= 0.6 is 23.2 Å². The van der Waals surface area contributed by atoms with Crippen molar-refractivity contribution in [2.75, 3.05) is 25.1 Å². The minimum absolute atomic E-state index is 0.221. The first-order valence-corrected chi connectivity index (χ1v) is 5.92. The lowest BCUT2D eigenvalue weighted by Crippen LogP contribution is -2.39. The van der Waals surface area contributed by atoms with Crippen LogP contribution in [0.4, 0.5) is 5.82 Å². The van der Waals surface area contributed by atoms with Crippen LogP contribution in [0.25, 0.3) is 0 Å². The smallest absolute Gasteiger partial charge is 0.224 e. The summed E-state index contributed by atoms with van der Waals surface area (Å²) in [4.78, 5) is 10.1. The summed E-state index contributed by atoms with van der Waals surface area (Å²) in [5, 5.41) is 0.750. The van der Waals surface area contributed by atoms with Gasteiger partial charge in [0.1, 0.15) is 5.02 Å². The molecule has 1 atom stereocenters. The van der Waals surface area contributed by atoms with Crippen molar-refractivity contribution in [3.8, 4) is 0 Å². The molecule has 0 aromatic carbocycles. The van der Waals surface area contributed by atoms with Crippen LogP contribution in [-0.4, -0.2) is 36.3 Å². The van der Waals surface area contributed by atoms with E-state index in [-0.39, 0.29) is 11.4 Å². The van der Waals surface area contributed by atoms with Gasteiger partial charge < -0.3 is 9.64 Å². The Balaban J connectivity index is 2.19. The van der Waals surface area contributed by atoms with Gasteiger partial charge in [-0.15, -0.1) is 0 Å². The first-order chi connectivity index (χ1) is 7.70. The number of halogens is 2. The number of hydrogen-bond donors (Lipinski definition) is 0. The van der Waals surface area contributed by atoms with E-state index in [4.69, 9.17) is 27.9 Å². The normalized spacial score (nSPS) is 21.2. The third-order valence-corrected chi connectivity index (χ3v) is 3.16. The molecule has 88 valence electrons. The van der Waals surface area contributed by atoms with Crippen LogP contribution < -0.4 is 4.90 Å². The van der Waals surface area contributed by atoms with Gasteiger partial charge in [0.05, 0.1) is 12.3 Å². The van der Waals surface area contributed by atoms with Crippen molar-refractivity contribution in [2.45, 2.75) is 18.9 Å². The average molecular weight is 262 g/mol. The van der Waals surface area contributed by atoms with Gasteiger partial charge in [0.25, 0.3) is 0 Å². The van der Waals surface area contributed by atoms with E-state index in [1.165, 1.54) is 6.20 Å². The average Bonchev–Trinajstić information content (AvgIpc) is 2.32. The molecule has 1 aliphatic rings. The van der Waals surface area contributed by atoms with Gasteiger partial charge in [0, 0.05) is 20.2 Å². The largest absolute Gasteiger partial charge is 0.380 e. The Bertz CT molecular complexity index is 375. The molecule has 0 N–H and O–H groups in total. The highest BCUT2D eigenvalue weighted by atomic mass is 35.5. The van der Waals surface area contributed by atoms with Gasteiger partial charge in [-0.1, -0.05) is 11.6 Å². The molecule has 0 aliphatic carbocycles. The predicted octanol–water partition coefficient (Wildman–Crippen LogP) is 2.40. The summed E-state index contributed by atoms with van der Waals surface area (Å²) >= 11 is 11.8. The molecular formula is C10H13Cl2N3O. The maximum atomic E-state index is 6.05. The van der Waals surface area contributed by atoms with Crippen LogP contribution in [0, 0.1) is 0 Å². The Labute approximate surface area is 105 Å². The number of methoxy groups -OCH3 is 1.